The maximum absolute atomic E-state index is 13.8. The Bertz CT molecular complexity index is 891. The Morgan fingerprint density at radius 2 is 1.05 bits per heavy atom. The molecule has 0 aromatic rings. The third-order valence-electron chi connectivity index (χ3n) is 11.0. The number of unbranched alkanes of at least 4 members (excludes halogenated alkanes) is 16. The molecule has 2 amide bonds. The SMILES string of the molecule is CCCCCCCCC(CCCCCC)COC(=O)CCSCCC(NC(=O)C(CCCCCC)CCCCCCCC)C(=O)NCCCN(CCO)CCO. The number of aliphatic hydroxyl groups excluding tert-OH is 2. The summed E-state index contributed by atoms with van der Waals surface area (Å²) in [4.78, 5) is 42.0. The van der Waals surface area contributed by atoms with Gasteiger partial charge in [-0.2, -0.15) is 11.8 Å². The number of ether oxygens (including phenoxy) is 1. The minimum atomic E-state index is -0.633. The van der Waals surface area contributed by atoms with Crippen LogP contribution in [-0.2, 0) is 19.1 Å². The fraction of sp³-hybridized carbons (Fsp3) is 0.935. The van der Waals surface area contributed by atoms with Crippen LogP contribution < -0.4 is 10.6 Å². The molecule has 0 aliphatic carbocycles. The van der Waals surface area contributed by atoms with Crippen molar-refractivity contribution in [3.8, 4) is 0 Å². The third kappa shape index (κ3) is 33.6. The average Bonchev–Trinajstić information content (AvgIpc) is 3.19. The van der Waals surface area contributed by atoms with Crippen LogP contribution in [-0.4, -0.2) is 96.4 Å². The lowest BCUT2D eigenvalue weighted by Crippen LogP contribution is -2.49. The van der Waals surface area contributed by atoms with Gasteiger partial charge in [-0.3, -0.25) is 19.3 Å². The summed E-state index contributed by atoms with van der Waals surface area (Å²) in [5.74, 6) is 1.32. The molecule has 9 nitrogen and oxygen atoms in total. The number of amides is 2. The molecule has 3 unspecified atom stereocenters. The fourth-order valence-electron chi connectivity index (χ4n) is 7.34. The molecule has 0 bridgehead atoms. The first-order chi connectivity index (χ1) is 27.4. The van der Waals surface area contributed by atoms with Gasteiger partial charge < -0.3 is 25.6 Å². The predicted molar refractivity (Wildman–Crippen MR) is 238 cm³/mol. The van der Waals surface area contributed by atoms with Gasteiger partial charge in [0.1, 0.15) is 6.04 Å². The van der Waals surface area contributed by atoms with Gasteiger partial charge >= 0.3 is 5.97 Å². The Morgan fingerprint density at radius 1 is 0.571 bits per heavy atom. The number of thioether (sulfide) groups is 1. The number of nitrogens with one attached hydrogen (secondary N) is 2. The van der Waals surface area contributed by atoms with E-state index in [0.717, 1.165) is 57.8 Å². The zero-order valence-electron chi connectivity index (χ0n) is 37.1. The first kappa shape index (κ1) is 54.6. The lowest BCUT2D eigenvalue weighted by atomic mass is 9.93. The van der Waals surface area contributed by atoms with Crippen molar-refractivity contribution in [2.75, 3.05) is 57.5 Å². The number of esters is 1. The lowest BCUT2D eigenvalue weighted by Gasteiger charge is -2.23. The van der Waals surface area contributed by atoms with E-state index >= 15 is 0 Å². The molecule has 56 heavy (non-hydrogen) atoms. The second-order valence-corrected chi connectivity index (χ2v) is 17.4. The van der Waals surface area contributed by atoms with Gasteiger partial charge in [0.25, 0.3) is 0 Å². The molecule has 4 N–H and O–H groups in total. The first-order valence-electron chi connectivity index (χ1n) is 23.6. The number of carbonyl (C=O) groups is 3. The molecule has 0 aromatic heterocycles. The molecule has 0 heterocycles. The van der Waals surface area contributed by atoms with E-state index in [0.29, 0.717) is 69.5 Å². The van der Waals surface area contributed by atoms with Gasteiger partial charge in [0.05, 0.1) is 26.2 Å². The van der Waals surface area contributed by atoms with E-state index in [1.165, 1.54) is 96.3 Å². The topological polar surface area (TPSA) is 128 Å². The molecular formula is C46H91N3O6S. The monoisotopic (exact) mass is 814 g/mol. The Hall–Kier alpha value is -1.36. The summed E-state index contributed by atoms with van der Waals surface area (Å²) in [6.07, 6.45) is 29.7. The molecule has 0 spiro atoms. The second-order valence-electron chi connectivity index (χ2n) is 16.2. The third-order valence-corrected chi connectivity index (χ3v) is 12.0. The van der Waals surface area contributed by atoms with Crippen molar-refractivity contribution in [3.63, 3.8) is 0 Å². The Morgan fingerprint density at radius 3 is 1.57 bits per heavy atom. The van der Waals surface area contributed by atoms with Gasteiger partial charge in [0.2, 0.25) is 11.8 Å². The highest BCUT2D eigenvalue weighted by Crippen LogP contribution is 2.22. The van der Waals surface area contributed by atoms with E-state index in [1.54, 1.807) is 11.8 Å². The van der Waals surface area contributed by atoms with Crippen LogP contribution in [0.3, 0.4) is 0 Å². The highest BCUT2D eigenvalue weighted by atomic mass is 32.2. The molecule has 0 fully saturated rings. The highest BCUT2D eigenvalue weighted by molar-refractivity contribution is 7.99. The summed E-state index contributed by atoms with van der Waals surface area (Å²) in [7, 11) is 0. The molecule has 0 saturated heterocycles. The van der Waals surface area contributed by atoms with Crippen molar-refractivity contribution >= 4 is 29.5 Å². The second kappa shape index (κ2) is 41.8. The molecular weight excluding hydrogens is 723 g/mol. The van der Waals surface area contributed by atoms with Crippen LogP contribution in [0.25, 0.3) is 0 Å². The zero-order valence-corrected chi connectivity index (χ0v) is 37.9. The molecule has 0 aromatic carbocycles. The molecule has 0 aliphatic rings. The van der Waals surface area contributed by atoms with Crippen molar-refractivity contribution < 1.29 is 29.3 Å². The summed E-state index contributed by atoms with van der Waals surface area (Å²) >= 11 is 1.64. The number of rotatable bonds is 43. The average molecular weight is 814 g/mol. The van der Waals surface area contributed by atoms with Crippen molar-refractivity contribution in [1.82, 2.24) is 15.5 Å². The largest absolute Gasteiger partial charge is 0.465 e. The lowest BCUT2D eigenvalue weighted by molar-refractivity contribution is -0.144. The zero-order chi connectivity index (χ0) is 41.3. The number of nitrogens with zero attached hydrogens (tertiary/aromatic N) is 1. The van der Waals surface area contributed by atoms with Crippen LogP contribution in [0.15, 0.2) is 0 Å². The van der Waals surface area contributed by atoms with Crippen molar-refractivity contribution in [3.05, 3.63) is 0 Å². The van der Waals surface area contributed by atoms with Crippen molar-refractivity contribution in [1.29, 1.82) is 0 Å². The number of aliphatic hydroxyl groups is 2. The summed E-state index contributed by atoms with van der Waals surface area (Å²) in [6.45, 7) is 11.5. The molecule has 0 radical (unpaired) electrons. The Labute approximate surface area is 349 Å². The normalized spacial score (nSPS) is 13.1. The molecule has 10 heteroatoms. The number of carbonyl (C=O) groups excluding carboxylic acids is 3. The van der Waals surface area contributed by atoms with Crippen LogP contribution in [0.4, 0.5) is 0 Å². The summed E-state index contributed by atoms with van der Waals surface area (Å²) in [5, 5.41) is 24.9. The highest BCUT2D eigenvalue weighted by Gasteiger charge is 2.25. The van der Waals surface area contributed by atoms with Gasteiger partial charge in [-0.05, 0) is 56.7 Å². The molecule has 0 saturated carbocycles. The summed E-state index contributed by atoms with van der Waals surface area (Å²) in [5.41, 5.74) is 0. The molecule has 332 valence electrons. The van der Waals surface area contributed by atoms with E-state index in [4.69, 9.17) is 4.74 Å². The minimum absolute atomic E-state index is 0.00828. The van der Waals surface area contributed by atoms with E-state index < -0.39 is 6.04 Å². The maximum atomic E-state index is 13.8. The quantitative estimate of drug-likeness (QED) is 0.0354. The van der Waals surface area contributed by atoms with Gasteiger partial charge in [-0.25, -0.2) is 0 Å². The molecule has 0 aliphatic heterocycles. The van der Waals surface area contributed by atoms with E-state index in [2.05, 4.69) is 38.3 Å². The minimum Gasteiger partial charge on any atom is -0.465 e. The van der Waals surface area contributed by atoms with Gasteiger partial charge in [0.15, 0.2) is 0 Å². The predicted octanol–water partition coefficient (Wildman–Crippen LogP) is 10.00. The van der Waals surface area contributed by atoms with Crippen LogP contribution in [0.1, 0.15) is 201 Å². The Kier molecular flexibility index (Phi) is 40.8. The van der Waals surface area contributed by atoms with Crippen molar-refractivity contribution in [2.45, 2.75) is 207 Å². The van der Waals surface area contributed by atoms with Gasteiger partial charge in [-0.1, -0.05) is 156 Å². The first-order valence-corrected chi connectivity index (χ1v) is 24.8. The van der Waals surface area contributed by atoms with Crippen LogP contribution in [0.5, 0.6) is 0 Å². The number of hydrogen-bond acceptors (Lipinski definition) is 8. The Balaban J connectivity index is 5.21. The van der Waals surface area contributed by atoms with E-state index in [-0.39, 0.29) is 36.9 Å². The maximum Gasteiger partial charge on any atom is 0.306 e. The van der Waals surface area contributed by atoms with Gasteiger partial charge in [0, 0.05) is 31.3 Å². The van der Waals surface area contributed by atoms with Gasteiger partial charge in [-0.15, -0.1) is 0 Å². The smallest absolute Gasteiger partial charge is 0.306 e. The number of hydrogen-bond donors (Lipinski definition) is 4. The van der Waals surface area contributed by atoms with Crippen molar-refractivity contribution in [2.24, 2.45) is 11.8 Å². The fourth-order valence-corrected chi connectivity index (χ4v) is 8.25. The van der Waals surface area contributed by atoms with E-state index in [9.17, 15) is 24.6 Å². The summed E-state index contributed by atoms with van der Waals surface area (Å²) < 4.78 is 5.81. The van der Waals surface area contributed by atoms with Crippen LogP contribution in [0.2, 0.25) is 0 Å². The molecule has 3 atom stereocenters. The van der Waals surface area contributed by atoms with Crippen LogP contribution in [0, 0.1) is 11.8 Å². The standard InChI is InChI=1S/C46H91N3O6S/c1-5-9-13-17-19-22-27-41(26-21-15-11-7-3)40-55-44(52)31-39-56-38-30-43(46(54)47-32-25-33-49(34-36-50)35-37-51)48-45(53)42(28-23-16-12-8-4)29-24-20-18-14-10-6-2/h41-43,50-51H,5-40H2,1-4H3,(H,47,54)(H,48,53). The van der Waals surface area contributed by atoms with E-state index in [1.807, 2.05) is 4.90 Å². The van der Waals surface area contributed by atoms with Crippen LogP contribution >= 0.6 is 11.8 Å². The summed E-state index contributed by atoms with van der Waals surface area (Å²) in [6, 6.07) is -0.633. The molecule has 0 rings (SSSR count).